The van der Waals surface area contributed by atoms with E-state index in [9.17, 15) is 4.39 Å². The first-order valence-electron chi connectivity index (χ1n) is 8.45. The van der Waals surface area contributed by atoms with Gasteiger partial charge in [0.25, 0.3) is 0 Å². The number of piperazine rings is 1. The van der Waals surface area contributed by atoms with Crippen molar-refractivity contribution in [1.82, 2.24) is 15.2 Å². The highest BCUT2D eigenvalue weighted by atomic mass is 32.1. The summed E-state index contributed by atoms with van der Waals surface area (Å²) in [6.07, 6.45) is 1.54. The number of hydrogen-bond donors (Lipinski definition) is 2. The van der Waals surface area contributed by atoms with Crippen LogP contribution in [0.1, 0.15) is 17.1 Å². The summed E-state index contributed by atoms with van der Waals surface area (Å²) in [6, 6.07) is 10.8. The van der Waals surface area contributed by atoms with Gasteiger partial charge in [-0.25, -0.2) is 4.39 Å². The highest BCUT2D eigenvalue weighted by Gasteiger charge is 2.19. The predicted octanol–water partition coefficient (Wildman–Crippen LogP) is 1.90. The van der Waals surface area contributed by atoms with E-state index in [4.69, 9.17) is 10.2 Å². The molecule has 1 aliphatic heterocycles. The van der Waals surface area contributed by atoms with Gasteiger partial charge in [-0.05, 0) is 30.4 Å². The molecule has 0 radical (unpaired) electrons. The van der Waals surface area contributed by atoms with Crippen LogP contribution < -0.4 is 11.2 Å². The number of rotatable bonds is 6. The third-order valence-corrected chi connectivity index (χ3v) is 4.34. The number of benzene rings is 1. The lowest BCUT2D eigenvalue weighted by Gasteiger charge is -2.34. The Bertz CT molecular complexity index is 770. The van der Waals surface area contributed by atoms with Gasteiger partial charge < -0.3 is 10.2 Å². The lowest BCUT2D eigenvalue weighted by molar-refractivity contribution is 0.115. The molecule has 0 atom stereocenters. The molecule has 0 unspecified atom stereocenters. The van der Waals surface area contributed by atoms with Crippen LogP contribution in [0.4, 0.5) is 4.39 Å². The number of nitrogens with one attached hydrogen (secondary N) is 1. The van der Waals surface area contributed by atoms with Crippen LogP contribution in [0.2, 0.25) is 0 Å². The van der Waals surface area contributed by atoms with Gasteiger partial charge in [-0.1, -0.05) is 18.2 Å². The maximum absolute atomic E-state index is 13.8. The second-order valence-electron chi connectivity index (χ2n) is 6.18. The molecule has 26 heavy (non-hydrogen) atoms. The van der Waals surface area contributed by atoms with E-state index >= 15 is 0 Å². The van der Waals surface area contributed by atoms with Gasteiger partial charge in [0.1, 0.15) is 17.3 Å². The van der Waals surface area contributed by atoms with E-state index in [1.165, 1.54) is 12.3 Å². The molecule has 1 aliphatic rings. The minimum atomic E-state index is -0.135. The molecule has 2 aromatic rings. The van der Waals surface area contributed by atoms with E-state index in [2.05, 4.69) is 32.5 Å². The van der Waals surface area contributed by atoms with Crippen LogP contribution in [0, 0.1) is 5.82 Å². The van der Waals surface area contributed by atoms with Crippen LogP contribution in [0.15, 0.2) is 45.9 Å². The smallest absolute Gasteiger partial charge is 0.184 e. The molecule has 138 valence electrons. The molecule has 1 aromatic heterocycles. The number of nitrogens with two attached hydrogens (primary N) is 1. The molecule has 0 spiro atoms. The van der Waals surface area contributed by atoms with E-state index in [0.29, 0.717) is 12.3 Å². The summed E-state index contributed by atoms with van der Waals surface area (Å²) in [5.41, 5.74) is 8.54. The van der Waals surface area contributed by atoms with Crippen molar-refractivity contribution in [2.24, 2.45) is 10.8 Å². The molecule has 0 saturated carbocycles. The normalized spacial score (nSPS) is 16.2. The Labute approximate surface area is 157 Å². The number of thiocarbonyl (C=S) groups is 1. The van der Waals surface area contributed by atoms with Crippen LogP contribution in [0.3, 0.4) is 0 Å². The number of nitrogens with zero attached hydrogens (tertiary/aromatic N) is 3. The quantitative estimate of drug-likeness (QED) is 0.457. The fourth-order valence-electron chi connectivity index (χ4n) is 2.90. The molecule has 0 bridgehead atoms. The number of halogens is 1. The molecule has 0 aliphatic carbocycles. The van der Waals surface area contributed by atoms with Crippen molar-refractivity contribution >= 4 is 23.5 Å². The predicted molar refractivity (Wildman–Crippen MR) is 103 cm³/mol. The molecular formula is C18H22FN5OS. The lowest BCUT2D eigenvalue weighted by atomic mass is 10.2. The Morgan fingerprint density at radius 1 is 1.15 bits per heavy atom. The van der Waals surface area contributed by atoms with Crippen LogP contribution in [0.5, 0.6) is 0 Å². The van der Waals surface area contributed by atoms with Crippen molar-refractivity contribution in [1.29, 1.82) is 0 Å². The van der Waals surface area contributed by atoms with Crippen molar-refractivity contribution < 1.29 is 8.81 Å². The van der Waals surface area contributed by atoms with Gasteiger partial charge in [0, 0.05) is 38.3 Å². The Kier molecular flexibility index (Phi) is 6.32. The highest BCUT2D eigenvalue weighted by molar-refractivity contribution is 7.80. The summed E-state index contributed by atoms with van der Waals surface area (Å²) in [5.74, 6) is 1.39. The van der Waals surface area contributed by atoms with E-state index in [0.717, 1.165) is 44.0 Å². The van der Waals surface area contributed by atoms with Crippen LogP contribution in [-0.2, 0) is 13.1 Å². The molecule has 1 saturated heterocycles. The summed E-state index contributed by atoms with van der Waals surface area (Å²) < 4.78 is 19.5. The average molecular weight is 375 g/mol. The van der Waals surface area contributed by atoms with Crippen LogP contribution in [-0.4, -0.2) is 47.3 Å². The van der Waals surface area contributed by atoms with Crippen molar-refractivity contribution in [2.75, 3.05) is 26.2 Å². The minimum Gasteiger partial charge on any atom is -0.459 e. The van der Waals surface area contributed by atoms with E-state index in [1.54, 1.807) is 6.07 Å². The summed E-state index contributed by atoms with van der Waals surface area (Å²) in [5, 5.41) is 3.98. The summed E-state index contributed by atoms with van der Waals surface area (Å²) in [4.78, 5) is 4.60. The van der Waals surface area contributed by atoms with Gasteiger partial charge in [-0.3, -0.25) is 15.2 Å². The van der Waals surface area contributed by atoms with Crippen molar-refractivity contribution in [3.05, 3.63) is 59.3 Å². The minimum absolute atomic E-state index is 0.112. The Hall–Kier alpha value is -2.29. The first kappa shape index (κ1) is 18.5. The fourth-order valence-corrected chi connectivity index (χ4v) is 2.95. The van der Waals surface area contributed by atoms with Crippen LogP contribution >= 0.6 is 12.2 Å². The van der Waals surface area contributed by atoms with Gasteiger partial charge in [-0.2, -0.15) is 5.10 Å². The molecule has 1 fully saturated rings. The Morgan fingerprint density at radius 3 is 2.54 bits per heavy atom. The maximum atomic E-state index is 13.8. The molecule has 1 aromatic carbocycles. The molecular weight excluding hydrogens is 353 g/mol. The topological polar surface area (TPSA) is 70.0 Å². The third-order valence-electron chi connectivity index (χ3n) is 4.25. The Morgan fingerprint density at radius 2 is 1.85 bits per heavy atom. The van der Waals surface area contributed by atoms with E-state index in [-0.39, 0.29) is 10.9 Å². The van der Waals surface area contributed by atoms with Crippen LogP contribution in [0.25, 0.3) is 0 Å². The van der Waals surface area contributed by atoms with Crippen molar-refractivity contribution in [3.8, 4) is 0 Å². The molecule has 3 N–H and O–H groups in total. The van der Waals surface area contributed by atoms with Gasteiger partial charge in [0.15, 0.2) is 5.11 Å². The zero-order valence-electron chi connectivity index (χ0n) is 14.4. The number of hydrazone groups is 1. The SMILES string of the molecule is NC(=S)N/N=C/c1ccc(CN2CCN(Cc3ccccc3F)CC2)o1. The number of hydrogen-bond acceptors (Lipinski definition) is 5. The molecule has 2 heterocycles. The molecule has 6 nitrogen and oxygen atoms in total. The monoisotopic (exact) mass is 375 g/mol. The lowest BCUT2D eigenvalue weighted by Crippen LogP contribution is -2.45. The van der Waals surface area contributed by atoms with E-state index < -0.39 is 0 Å². The largest absolute Gasteiger partial charge is 0.459 e. The molecule has 0 amide bonds. The number of furan rings is 1. The third kappa shape index (κ3) is 5.35. The zero-order valence-corrected chi connectivity index (χ0v) is 15.2. The average Bonchev–Trinajstić information content (AvgIpc) is 3.06. The summed E-state index contributed by atoms with van der Waals surface area (Å²) in [6.45, 7) is 5.04. The van der Waals surface area contributed by atoms with Gasteiger partial charge in [0.05, 0.1) is 12.8 Å². The Balaban J connectivity index is 1.45. The maximum Gasteiger partial charge on any atom is 0.184 e. The van der Waals surface area contributed by atoms with E-state index in [1.807, 2.05) is 24.3 Å². The summed E-state index contributed by atoms with van der Waals surface area (Å²) in [7, 11) is 0. The highest BCUT2D eigenvalue weighted by Crippen LogP contribution is 2.14. The summed E-state index contributed by atoms with van der Waals surface area (Å²) >= 11 is 4.67. The zero-order chi connectivity index (χ0) is 18.4. The second kappa shape index (κ2) is 8.88. The first-order valence-corrected chi connectivity index (χ1v) is 8.86. The van der Waals surface area contributed by atoms with Gasteiger partial charge in [0.2, 0.25) is 0 Å². The van der Waals surface area contributed by atoms with Gasteiger partial charge in [-0.15, -0.1) is 0 Å². The van der Waals surface area contributed by atoms with Crippen molar-refractivity contribution in [2.45, 2.75) is 13.1 Å². The standard InChI is InChI=1S/C18H22FN5OS/c19-17-4-2-1-3-14(17)12-23-7-9-24(10-8-23)13-16-6-5-15(25-16)11-21-22-18(20)26/h1-6,11H,7-10,12-13H2,(H3,20,22,26)/b21-11+. The first-order chi connectivity index (χ1) is 12.6. The van der Waals surface area contributed by atoms with Crippen molar-refractivity contribution in [3.63, 3.8) is 0 Å². The molecule has 3 rings (SSSR count). The second-order valence-corrected chi connectivity index (χ2v) is 6.62. The molecule has 8 heteroatoms. The van der Waals surface area contributed by atoms with Gasteiger partial charge >= 0.3 is 0 Å². The fraction of sp³-hybridized carbons (Fsp3) is 0.333.